The average molecular weight is 230 g/mol. The first-order valence-corrected chi connectivity index (χ1v) is 6.22. The third-order valence-electron chi connectivity index (χ3n) is 3.46. The zero-order chi connectivity index (χ0) is 12.6. The molecule has 1 unspecified atom stereocenters. The van der Waals surface area contributed by atoms with Gasteiger partial charge in [-0.1, -0.05) is 20.8 Å². The van der Waals surface area contributed by atoms with Crippen LogP contribution in [0.3, 0.4) is 0 Å². The van der Waals surface area contributed by atoms with E-state index in [1.54, 1.807) is 0 Å². The zero-order valence-electron chi connectivity index (χ0n) is 10.8. The van der Waals surface area contributed by atoms with Gasteiger partial charge in [0.25, 0.3) is 0 Å². The molecule has 0 saturated carbocycles. The molecule has 4 heteroatoms. The quantitative estimate of drug-likeness (QED) is 0.583. The molecule has 1 atom stereocenters. The molecule has 0 saturated heterocycles. The summed E-state index contributed by atoms with van der Waals surface area (Å²) in [7, 11) is 0. The summed E-state index contributed by atoms with van der Waals surface area (Å²) in [6.45, 7) is 6.79. The number of aliphatic hydroxyl groups excluding tert-OH is 1. The van der Waals surface area contributed by atoms with E-state index in [4.69, 9.17) is 5.73 Å². The number of amides is 1. The van der Waals surface area contributed by atoms with E-state index in [1.165, 1.54) is 0 Å². The Labute approximate surface area is 98.6 Å². The fourth-order valence-electron chi connectivity index (χ4n) is 1.70. The lowest BCUT2D eigenvalue weighted by molar-refractivity contribution is -0.131. The van der Waals surface area contributed by atoms with Crippen LogP contribution in [0, 0.1) is 5.41 Å². The van der Waals surface area contributed by atoms with Crippen molar-refractivity contribution >= 4 is 5.91 Å². The van der Waals surface area contributed by atoms with Crippen LogP contribution < -0.4 is 11.1 Å². The van der Waals surface area contributed by atoms with Gasteiger partial charge in [-0.2, -0.15) is 0 Å². The Morgan fingerprint density at radius 3 is 2.31 bits per heavy atom. The highest BCUT2D eigenvalue weighted by atomic mass is 16.3. The van der Waals surface area contributed by atoms with Crippen LogP contribution in [-0.2, 0) is 4.79 Å². The maximum absolute atomic E-state index is 12.0. The Morgan fingerprint density at radius 1 is 1.38 bits per heavy atom. The Kier molecular flexibility index (Phi) is 7.34. The van der Waals surface area contributed by atoms with Crippen molar-refractivity contribution in [3.8, 4) is 0 Å². The van der Waals surface area contributed by atoms with Gasteiger partial charge in [-0.3, -0.25) is 4.79 Å². The molecule has 96 valence electrons. The molecule has 0 aromatic heterocycles. The van der Waals surface area contributed by atoms with Crippen molar-refractivity contribution in [3.05, 3.63) is 0 Å². The molecule has 1 amide bonds. The van der Waals surface area contributed by atoms with Crippen molar-refractivity contribution in [1.82, 2.24) is 5.32 Å². The van der Waals surface area contributed by atoms with Crippen LogP contribution in [0.25, 0.3) is 0 Å². The average Bonchev–Trinajstić information content (AvgIpc) is 2.31. The number of hydrogen-bond donors (Lipinski definition) is 3. The molecule has 0 aromatic rings. The minimum Gasteiger partial charge on any atom is -0.393 e. The molecule has 16 heavy (non-hydrogen) atoms. The molecule has 4 N–H and O–H groups in total. The highest BCUT2D eigenvalue weighted by molar-refractivity contribution is 5.82. The molecule has 0 aliphatic rings. The van der Waals surface area contributed by atoms with E-state index in [2.05, 4.69) is 5.32 Å². The maximum atomic E-state index is 12.0. The summed E-state index contributed by atoms with van der Waals surface area (Å²) >= 11 is 0. The smallest absolute Gasteiger partial charge is 0.227 e. The standard InChI is InChI=1S/C12H26N2O2/c1-4-10(15)7-8-14-11(16)12(5-2,6-3)9-13/h10,15H,4-9,13H2,1-3H3,(H,14,16). The van der Waals surface area contributed by atoms with Crippen molar-refractivity contribution in [3.63, 3.8) is 0 Å². The van der Waals surface area contributed by atoms with Crippen molar-refractivity contribution in [2.45, 2.75) is 52.6 Å². The van der Waals surface area contributed by atoms with E-state index in [0.717, 1.165) is 19.3 Å². The van der Waals surface area contributed by atoms with Crippen molar-refractivity contribution in [2.24, 2.45) is 11.1 Å². The van der Waals surface area contributed by atoms with Crippen LogP contribution in [0.5, 0.6) is 0 Å². The number of nitrogens with one attached hydrogen (secondary N) is 1. The third-order valence-corrected chi connectivity index (χ3v) is 3.46. The van der Waals surface area contributed by atoms with E-state index in [0.29, 0.717) is 19.5 Å². The third kappa shape index (κ3) is 4.10. The summed E-state index contributed by atoms with van der Waals surface area (Å²) in [6.07, 6.45) is 2.51. The molecule has 0 radical (unpaired) electrons. The number of aliphatic hydroxyl groups is 1. The summed E-state index contributed by atoms with van der Waals surface area (Å²) in [5, 5.41) is 12.2. The van der Waals surface area contributed by atoms with Gasteiger partial charge in [0.2, 0.25) is 5.91 Å². The van der Waals surface area contributed by atoms with Gasteiger partial charge in [0, 0.05) is 13.1 Å². The summed E-state index contributed by atoms with van der Waals surface area (Å²) in [4.78, 5) is 12.0. The highest BCUT2D eigenvalue weighted by Gasteiger charge is 2.32. The van der Waals surface area contributed by atoms with Gasteiger partial charge in [-0.05, 0) is 25.7 Å². The topological polar surface area (TPSA) is 75.3 Å². The first-order chi connectivity index (χ1) is 7.56. The normalized spacial score (nSPS) is 13.6. The summed E-state index contributed by atoms with van der Waals surface area (Å²) in [5.41, 5.74) is 5.24. The SMILES string of the molecule is CCC(O)CCNC(=O)C(CC)(CC)CN. The number of nitrogens with two attached hydrogens (primary N) is 1. The van der Waals surface area contributed by atoms with Crippen molar-refractivity contribution < 1.29 is 9.90 Å². The Morgan fingerprint density at radius 2 is 1.94 bits per heavy atom. The number of rotatable bonds is 8. The zero-order valence-corrected chi connectivity index (χ0v) is 10.8. The van der Waals surface area contributed by atoms with Crippen molar-refractivity contribution in [1.29, 1.82) is 0 Å². The van der Waals surface area contributed by atoms with Crippen LogP contribution in [-0.4, -0.2) is 30.2 Å². The predicted octanol–water partition coefficient (Wildman–Crippen LogP) is 1.03. The fraction of sp³-hybridized carbons (Fsp3) is 0.917. The molecule has 0 bridgehead atoms. The van der Waals surface area contributed by atoms with E-state index in [-0.39, 0.29) is 12.0 Å². The molecular weight excluding hydrogens is 204 g/mol. The van der Waals surface area contributed by atoms with E-state index in [1.807, 2.05) is 20.8 Å². The first kappa shape index (κ1) is 15.4. The predicted molar refractivity (Wildman–Crippen MR) is 66.0 cm³/mol. The Bertz CT molecular complexity index is 195. The van der Waals surface area contributed by atoms with Crippen LogP contribution in [0.2, 0.25) is 0 Å². The number of carbonyl (C=O) groups excluding carboxylic acids is 1. The molecule has 0 aromatic carbocycles. The summed E-state index contributed by atoms with van der Waals surface area (Å²) in [5.74, 6) is 0.0169. The van der Waals surface area contributed by atoms with E-state index < -0.39 is 5.41 Å². The lowest BCUT2D eigenvalue weighted by Gasteiger charge is -2.28. The second kappa shape index (κ2) is 7.63. The Balaban J connectivity index is 4.12. The van der Waals surface area contributed by atoms with Gasteiger partial charge in [-0.25, -0.2) is 0 Å². The van der Waals surface area contributed by atoms with Crippen molar-refractivity contribution in [2.75, 3.05) is 13.1 Å². The molecule has 0 rings (SSSR count). The maximum Gasteiger partial charge on any atom is 0.227 e. The van der Waals surface area contributed by atoms with Crippen LogP contribution in [0.15, 0.2) is 0 Å². The van der Waals surface area contributed by atoms with Gasteiger partial charge >= 0.3 is 0 Å². The van der Waals surface area contributed by atoms with E-state index in [9.17, 15) is 9.90 Å². The van der Waals surface area contributed by atoms with Gasteiger partial charge in [0.1, 0.15) is 0 Å². The van der Waals surface area contributed by atoms with Gasteiger partial charge in [0.15, 0.2) is 0 Å². The molecule has 0 heterocycles. The van der Waals surface area contributed by atoms with Gasteiger partial charge in [0.05, 0.1) is 11.5 Å². The molecule has 0 aliphatic carbocycles. The molecule has 0 fully saturated rings. The molecule has 4 nitrogen and oxygen atoms in total. The monoisotopic (exact) mass is 230 g/mol. The first-order valence-electron chi connectivity index (χ1n) is 6.22. The number of carbonyl (C=O) groups is 1. The summed E-state index contributed by atoms with van der Waals surface area (Å²) in [6, 6.07) is 0. The van der Waals surface area contributed by atoms with Crippen LogP contribution >= 0.6 is 0 Å². The fourth-order valence-corrected chi connectivity index (χ4v) is 1.70. The second-order valence-electron chi connectivity index (χ2n) is 4.30. The summed E-state index contributed by atoms with van der Waals surface area (Å²) < 4.78 is 0. The highest BCUT2D eigenvalue weighted by Crippen LogP contribution is 2.24. The molecule has 0 aliphatic heterocycles. The van der Waals surface area contributed by atoms with E-state index >= 15 is 0 Å². The molecular formula is C12H26N2O2. The largest absolute Gasteiger partial charge is 0.393 e. The number of hydrogen-bond acceptors (Lipinski definition) is 3. The van der Waals surface area contributed by atoms with Gasteiger partial charge in [-0.15, -0.1) is 0 Å². The Hall–Kier alpha value is -0.610. The minimum atomic E-state index is -0.433. The lowest BCUT2D eigenvalue weighted by Crippen LogP contribution is -2.45. The second-order valence-corrected chi connectivity index (χ2v) is 4.30. The lowest BCUT2D eigenvalue weighted by atomic mass is 9.81. The van der Waals surface area contributed by atoms with Crippen LogP contribution in [0.1, 0.15) is 46.5 Å². The van der Waals surface area contributed by atoms with Gasteiger partial charge < -0.3 is 16.2 Å². The van der Waals surface area contributed by atoms with Crippen LogP contribution in [0.4, 0.5) is 0 Å². The minimum absolute atomic E-state index is 0.0169. The molecule has 0 spiro atoms.